The van der Waals surface area contributed by atoms with E-state index in [-0.39, 0.29) is 0 Å². The second kappa shape index (κ2) is 6.25. The molecule has 0 heterocycles. The summed E-state index contributed by atoms with van der Waals surface area (Å²) in [5.41, 5.74) is 2.39. The van der Waals surface area contributed by atoms with Crippen molar-refractivity contribution < 1.29 is 4.74 Å². The summed E-state index contributed by atoms with van der Waals surface area (Å²) in [6, 6.07) is 6.19. The summed E-state index contributed by atoms with van der Waals surface area (Å²) in [7, 11) is 0. The van der Waals surface area contributed by atoms with E-state index in [4.69, 9.17) is 4.74 Å². The van der Waals surface area contributed by atoms with Crippen molar-refractivity contribution in [2.45, 2.75) is 13.8 Å². The smallest absolute Gasteiger partial charge is 0.125 e. The summed E-state index contributed by atoms with van der Waals surface area (Å²) < 4.78 is 5.72. The number of para-hydroxylation sites is 1. The average molecular weight is 205 g/mol. The van der Waals surface area contributed by atoms with E-state index in [9.17, 15) is 0 Å². The van der Waals surface area contributed by atoms with Crippen LogP contribution in [0.2, 0.25) is 0 Å². The molecule has 0 unspecified atom stereocenters. The minimum absolute atomic E-state index is 0.694. The lowest BCUT2D eigenvalue weighted by atomic mass is 10.1. The summed E-state index contributed by atoms with van der Waals surface area (Å²) in [5.74, 6) is 1.01. The second-order valence-electron chi connectivity index (χ2n) is 3.56. The maximum atomic E-state index is 5.72. The Morgan fingerprint density at radius 1 is 1.33 bits per heavy atom. The molecule has 15 heavy (non-hydrogen) atoms. The van der Waals surface area contributed by atoms with Crippen LogP contribution < -0.4 is 10.1 Å². The number of ether oxygens (including phenoxy) is 1. The normalized spacial score (nSPS) is 10.0. The molecule has 1 rings (SSSR count). The standard InChI is InChI=1S/C13H19NO/c1-4-8-14-9-10-15-13-11(2)6-5-7-12(13)3/h4-7,14H,1,8-10H2,2-3H3. The minimum atomic E-state index is 0.694. The van der Waals surface area contributed by atoms with E-state index in [2.05, 4.69) is 37.9 Å². The molecule has 1 aromatic carbocycles. The molecular formula is C13H19NO. The van der Waals surface area contributed by atoms with Crippen LogP contribution in [0.3, 0.4) is 0 Å². The number of nitrogens with one attached hydrogen (secondary N) is 1. The van der Waals surface area contributed by atoms with Crippen molar-refractivity contribution in [3.05, 3.63) is 42.0 Å². The largest absolute Gasteiger partial charge is 0.492 e. The van der Waals surface area contributed by atoms with Crippen molar-refractivity contribution in [3.63, 3.8) is 0 Å². The zero-order chi connectivity index (χ0) is 11.1. The lowest BCUT2D eigenvalue weighted by Gasteiger charge is -2.11. The zero-order valence-corrected chi connectivity index (χ0v) is 9.55. The first kappa shape index (κ1) is 11.8. The summed E-state index contributed by atoms with van der Waals surface area (Å²) in [4.78, 5) is 0. The van der Waals surface area contributed by atoms with Crippen LogP contribution in [0.25, 0.3) is 0 Å². The van der Waals surface area contributed by atoms with E-state index < -0.39 is 0 Å². The third-order valence-electron chi connectivity index (χ3n) is 2.22. The van der Waals surface area contributed by atoms with Gasteiger partial charge in [0.1, 0.15) is 12.4 Å². The fourth-order valence-corrected chi connectivity index (χ4v) is 1.46. The van der Waals surface area contributed by atoms with Crippen LogP contribution in [0, 0.1) is 13.8 Å². The molecule has 1 N–H and O–H groups in total. The van der Waals surface area contributed by atoms with E-state index in [1.54, 1.807) is 0 Å². The molecule has 0 amide bonds. The molecule has 2 heteroatoms. The van der Waals surface area contributed by atoms with E-state index >= 15 is 0 Å². The molecule has 2 nitrogen and oxygen atoms in total. The molecule has 0 bridgehead atoms. The first-order valence-corrected chi connectivity index (χ1v) is 5.26. The molecule has 82 valence electrons. The number of hydrogen-bond acceptors (Lipinski definition) is 2. The Kier molecular flexibility index (Phi) is 4.91. The lowest BCUT2D eigenvalue weighted by Crippen LogP contribution is -2.21. The fraction of sp³-hybridized carbons (Fsp3) is 0.385. The molecule has 0 atom stereocenters. The molecule has 0 radical (unpaired) electrons. The molecule has 0 saturated carbocycles. The summed E-state index contributed by atoms with van der Waals surface area (Å²) in [5, 5.41) is 3.20. The molecule has 0 aliphatic heterocycles. The Balaban J connectivity index is 2.40. The van der Waals surface area contributed by atoms with Gasteiger partial charge in [-0.3, -0.25) is 0 Å². The molecule has 1 aromatic rings. The quantitative estimate of drug-likeness (QED) is 0.569. The Morgan fingerprint density at radius 3 is 2.60 bits per heavy atom. The van der Waals surface area contributed by atoms with Gasteiger partial charge in [0, 0.05) is 13.1 Å². The van der Waals surface area contributed by atoms with Crippen molar-refractivity contribution in [1.29, 1.82) is 0 Å². The summed E-state index contributed by atoms with van der Waals surface area (Å²) in [6.45, 7) is 10.1. The van der Waals surface area contributed by atoms with Gasteiger partial charge in [0.25, 0.3) is 0 Å². The highest BCUT2D eigenvalue weighted by Gasteiger charge is 2.01. The van der Waals surface area contributed by atoms with Gasteiger partial charge in [-0.15, -0.1) is 6.58 Å². The van der Waals surface area contributed by atoms with Gasteiger partial charge in [-0.2, -0.15) is 0 Å². The predicted octanol–water partition coefficient (Wildman–Crippen LogP) is 2.46. The predicted molar refractivity (Wildman–Crippen MR) is 64.5 cm³/mol. The topological polar surface area (TPSA) is 21.3 Å². The SMILES string of the molecule is C=CCNCCOc1c(C)cccc1C. The van der Waals surface area contributed by atoms with Crippen molar-refractivity contribution in [1.82, 2.24) is 5.32 Å². The fourth-order valence-electron chi connectivity index (χ4n) is 1.46. The third kappa shape index (κ3) is 3.76. The Bertz CT molecular complexity index is 300. The lowest BCUT2D eigenvalue weighted by molar-refractivity contribution is 0.312. The Labute approximate surface area is 92.0 Å². The van der Waals surface area contributed by atoms with E-state index in [0.717, 1.165) is 18.8 Å². The maximum Gasteiger partial charge on any atom is 0.125 e. The van der Waals surface area contributed by atoms with Crippen molar-refractivity contribution in [2.24, 2.45) is 0 Å². The highest BCUT2D eigenvalue weighted by atomic mass is 16.5. The maximum absolute atomic E-state index is 5.72. The third-order valence-corrected chi connectivity index (χ3v) is 2.22. The minimum Gasteiger partial charge on any atom is -0.492 e. The van der Waals surface area contributed by atoms with Gasteiger partial charge in [-0.25, -0.2) is 0 Å². The summed E-state index contributed by atoms with van der Waals surface area (Å²) >= 11 is 0. The van der Waals surface area contributed by atoms with Gasteiger partial charge in [0.05, 0.1) is 0 Å². The molecule has 0 saturated heterocycles. The Hall–Kier alpha value is -1.28. The van der Waals surface area contributed by atoms with Crippen LogP contribution in [-0.2, 0) is 0 Å². The number of hydrogen-bond donors (Lipinski definition) is 1. The Morgan fingerprint density at radius 2 is 2.00 bits per heavy atom. The van der Waals surface area contributed by atoms with Gasteiger partial charge >= 0.3 is 0 Å². The van der Waals surface area contributed by atoms with Gasteiger partial charge in [0.2, 0.25) is 0 Å². The van der Waals surface area contributed by atoms with E-state index in [0.29, 0.717) is 6.61 Å². The van der Waals surface area contributed by atoms with Crippen LogP contribution in [0.5, 0.6) is 5.75 Å². The second-order valence-corrected chi connectivity index (χ2v) is 3.56. The molecule has 0 aromatic heterocycles. The molecule has 0 aliphatic carbocycles. The van der Waals surface area contributed by atoms with Crippen molar-refractivity contribution >= 4 is 0 Å². The van der Waals surface area contributed by atoms with Gasteiger partial charge < -0.3 is 10.1 Å². The van der Waals surface area contributed by atoms with Gasteiger partial charge in [-0.05, 0) is 25.0 Å². The first-order valence-electron chi connectivity index (χ1n) is 5.26. The van der Waals surface area contributed by atoms with Crippen molar-refractivity contribution in [2.75, 3.05) is 19.7 Å². The molecule has 0 fully saturated rings. The zero-order valence-electron chi connectivity index (χ0n) is 9.55. The number of benzene rings is 1. The molecule has 0 spiro atoms. The number of rotatable bonds is 6. The van der Waals surface area contributed by atoms with E-state index in [1.165, 1.54) is 11.1 Å². The van der Waals surface area contributed by atoms with Crippen LogP contribution in [0.4, 0.5) is 0 Å². The molecular weight excluding hydrogens is 186 g/mol. The molecule has 0 aliphatic rings. The van der Waals surface area contributed by atoms with Crippen LogP contribution in [-0.4, -0.2) is 19.7 Å². The van der Waals surface area contributed by atoms with Crippen LogP contribution in [0.15, 0.2) is 30.9 Å². The van der Waals surface area contributed by atoms with Crippen molar-refractivity contribution in [3.8, 4) is 5.75 Å². The average Bonchev–Trinajstić information content (AvgIpc) is 2.21. The van der Waals surface area contributed by atoms with Crippen LogP contribution in [0.1, 0.15) is 11.1 Å². The summed E-state index contributed by atoms with van der Waals surface area (Å²) in [6.07, 6.45) is 1.85. The van der Waals surface area contributed by atoms with Crippen LogP contribution >= 0.6 is 0 Å². The monoisotopic (exact) mass is 205 g/mol. The highest BCUT2D eigenvalue weighted by Crippen LogP contribution is 2.21. The highest BCUT2D eigenvalue weighted by molar-refractivity contribution is 5.39. The van der Waals surface area contributed by atoms with Gasteiger partial charge in [-0.1, -0.05) is 24.3 Å². The first-order chi connectivity index (χ1) is 7.25. The number of aryl methyl sites for hydroxylation is 2. The van der Waals surface area contributed by atoms with E-state index in [1.807, 2.05) is 12.1 Å². The van der Waals surface area contributed by atoms with Gasteiger partial charge in [0.15, 0.2) is 0 Å².